The van der Waals surface area contributed by atoms with Crippen molar-refractivity contribution in [2.45, 2.75) is 51.8 Å². The molecule has 2 aromatic rings. The molecule has 7 heteroatoms. The number of hydrogen-bond acceptors (Lipinski definition) is 4. The van der Waals surface area contributed by atoms with Crippen molar-refractivity contribution in [1.29, 1.82) is 0 Å². The molecule has 2 atom stereocenters. The number of aryl methyl sites for hydroxylation is 1. The molecule has 2 amide bonds. The minimum atomic E-state index is -1.23. The lowest BCUT2D eigenvalue weighted by Crippen LogP contribution is -2.47. The van der Waals surface area contributed by atoms with Crippen LogP contribution >= 0.6 is 0 Å². The summed E-state index contributed by atoms with van der Waals surface area (Å²) in [6.45, 7) is 5.37. The molecule has 6 nitrogen and oxygen atoms in total. The van der Waals surface area contributed by atoms with Gasteiger partial charge in [-0.1, -0.05) is 44.2 Å². The lowest BCUT2D eigenvalue weighted by molar-refractivity contribution is -0.159. The van der Waals surface area contributed by atoms with Crippen LogP contribution in [0.3, 0.4) is 0 Å². The number of halogens is 1. The third-order valence-corrected chi connectivity index (χ3v) is 5.17. The van der Waals surface area contributed by atoms with Crippen LogP contribution < -0.4 is 10.6 Å². The maximum atomic E-state index is 13.3. The molecule has 1 fully saturated rings. The van der Waals surface area contributed by atoms with Crippen LogP contribution in [-0.4, -0.2) is 29.9 Å². The quantitative estimate of drug-likeness (QED) is 0.634. The Kier molecular flexibility index (Phi) is 7.05. The van der Waals surface area contributed by atoms with Crippen LogP contribution in [0.25, 0.3) is 0 Å². The van der Waals surface area contributed by atoms with Gasteiger partial charge in [-0.05, 0) is 49.4 Å². The second kappa shape index (κ2) is 9.73. The van der Waals surface area contributed by atoms with Crippen LogP contribution in [0.2, 0.25) is 0 Å². The van der Waals surface area contributed by atoms with Gasteiger partial charge in [0.05, 0.1) is 0 Å². The van der Waals surface area contributed by atoms with Gasteiger partial charge in [-0.3, -0.25) is 9.59 Å². The van der Waals surface area contributed by atoms with E-state index in [1.165, 1.54) is 24.3 Å². The molecule has 1 aliphatic rings. The van der Waals surface area contributed by atoms with Gasteiger partial charge in [0.25, 0.3) is 11.8 Å². The summed E-state index contributed by atoms with van der Waals surface area (Å²) in [6, 6.07) is 11.4. The molecule has 3 rings (SSSR count). The fourth-order valence-electron chi connectivity index (χ4n) is 3.15. The van der Waals surface area contributed by atoms with Crippen molar-refractivity contribution in [1.82, 2.24) is 10.6 Å². The maximum absolute atomic E-state index is 13.3. The fourth-order valence-corrected chi connectivity index (χ4v) is 3.15. The smallest absolute Gasteiger partial charge is 0.330 e. The first-order valence-corrected chi connectivity index (χ1v) is 10.4. The molecule has 0 spiro atoms. The number of carbonyl (C=O) groups is 3. The van der Waals surface area contributed by atoms with Gasteiger partial charge in [0, 0.05) is 17.2 Å². The number of rotatable bonds is 8. The van der Waals surface area contributed by atoms with Crippen molar-refractivity contribution in [2.75, 3.05) is 0 Å². The van der Waals surface area contributed by atoms with E-state index in [1.54, 1.807) is 26.0 Å². The second-order valence-electron chi connectivity index (χ2n) is 8.16. The molecular weight excluding hydrogens is 399 g/mol. The van der Waals surface area contributed by atoms with Gasteiger partial charge in [-0.2, -0.15) is 0 Å². The van der Waals surface area contributed by atoms with Crippen molar-refractivity contribution in [2.24, 2.45) is 5.92 Å². The van der Waals surface area contributed by atoms with E-state index in [-0.39, 0.29) is 12.0 Å². The molecule has 0 aromatic heterocycles. The summed E-state index contributed by atoms with van der Waals surface area (Å²) < 4.78 is 18.9. The summed E-state index contributed by atoms with van der Waals surface area (Å²) in [5.41, 5.74) is 1.60. The number of carbonyl (C=O) groups excluding carboxylic acids is 3. The van der Waals surface area contributed by atoms with E-state index in [2.05, 4.69) is 10.6 Å². The Morgan fingerprint density at radius 3 is 2.26 bits per heavy atom. The Hall–Kier alpha value is -3.22. The third kappa shape index (κ3) is 5.90. The van der Waals surface area contributed by atoms with Crippen molar-refractivity contribution in [3.63, 3.8) is 0 Å². The predicted molar refractivity (Wildman–Crippen MR) is 114 cm³/mol. The molecule has 31 heavy (non-hydrogen) atoms. The summed E-state index contributed by atoms with van der Waals surface area (Å²) in [5.74, 6) is -2.32. The van der Waals surface area contributed by atoms with Gasteiger partial charge < -0.3 is 15.4 Å². The first kappa shape index (κ1) is 22.5. The van der Waals surface area contributed by atoms with Gasteiger partial charge in [0.2, 0.25) is 6.10 Å². The van der Waals surface area contributed by atoms with E-state index in [0.717, 1.165) is 18.4 Å². The highest BCUT2D eigenvalue weighted by Gasteiger charge is 2.34. The maximum Gasteiger partial charge on any atom is 0.330 e. The average Bonchev–Trinajstić information content (AvgIpc) is 3.54. The molecule has 0 saturated heterocycles. The molecule has 2 aromatic carbocycles. The van der Waals surface area contributed by atoms with Crippen molar-refractivity contribution in [3.05, 3.63) is 71.0 Å². The van der Waals surface area contributed by atoms with E-state index < -0.39 is 35.7 Å². The van der Waals surface area contributed by atoms with Crippen molar-refractivity contribution in [3.8, 4) is 0 Å². The van der Waals surface area contributed by atoms with Gasteiger partial charge in [-0.25, -0.2) is 9.18 Å². The molecule has 0 aliphatic heterocycles. The topological polar surface area (TPSA) is 84.5 Å². The summed E-state index contributed by atoms with van der Waals surface area (Å²) in [5, 5.41) is 5.54. The van der Waals surface area contributed by atoms with Gasteiger partial charge in [-0.15, -0.1) is 0 Å². The van der Waals surface area contributed by atoms with Crippen LogP contribution in [0.15, 0.2) is 48.5 Å². The summed E-state index contributed by atoms with van der Waals surface area (Å²) in [4.78, 5) is 38.5. The molecule has 0 radical (unpaired) electrons. The molecule has 1 aliphatic carbocycles. The van der Waals surface area contributed by atoms with Crippen LogP contribution in [0, 0.1) is 18.7 Å². The third-order valence-electron chi connectivity index (χ3n) is 5.17. The fraction of sp³-hybridized carbons (Fsp3) is 0.375. The van der Waals surface area contributed by atoms with Crippen LogP contribution in [-0.2, 0) is 14.3 Å². The minimum absolute atomic E-state index is 0.0656. The number of nitrogens with one attached hydrogen (secondary N) is 2. The number of amides is 2. The van der Waals surface area contributed by atoms with Crippen molar-refractivity contribution >= 4 is 17.8 Å². The lowest BCUT2D eigenvalue weighted by atomic mass is 10.0. The SMILES string of the molecule is Cc1ccccc1C(=O)N[C@H](C(=O)OC(C(=O)NC1CC1)c1ccc(F)cc1)C(C)C. The van der Waals surface area contributed by atoms with Crippen molar-refractivity contribution < 1.29 is 23.5 Å². The molecule has 1 unspecified atom stereocenters. The van der Waals surface area contributed by atoms with Crippen LogP contribution in [0.4, 0.5) is 4.39 Å². The Labute approximate surface area is 181 Å². The highest BCUT2D eigenvalue weighted by molar-refractivity contribution is 5.98. The predicted octanol–water partition coefficient (Wildman–Crippen LogP) is 3.45. The minimum Gasteiger partial charge on any atom is -0.446 e. The van der Waals surface area contributed by atoms with E-state index in [4.69, 9.17) is 4.74 Å². The Morgan fingerprint density at radius 2 is 1.68 bits per heavy atom. The Balaban J connectivity index is 1.78. The first-order valence-electron chi connectivity index (χ1n) is 10.4. The monoisotopic (exact) mass is 426 g/mol. The molecule has 0 heterocycles. The van der Waals surface area contributed by atoms with E-state index in [1.807, 2.05) is 19.1 Å². The average molecular weight is 426 g/mol. The number of benzene rings is 2. The highest BCUT2D eigenvalue weighted by Crippen LogP contribution is 2.24. The summed E-state index contributed by atoms with van der Waals surface area (Å²) >= 11 is 0. The van der Waals surface area contributed by atoms with Crippen LogP contribution in [0.5, 0.6) is 0 Å². The zero-order chi connectivity index (χ0) is 22.5. The molecule has 164 valence electrons. The Morgan fingerprint density at radius 1 is 1.03 bits per heavy atom. The highest BCUT2D eigenvalue weighted by atomic mass is 19.1. The molecule has 1 saturated carbocycles. The first-order chi connectivity index (χ1) is 14.8. The largest absolute Gasteiger partial charge is 0.446 e. The zero-order valence-corrected chi connectivity index (χ0v) is 17.9. The van der Waals surface area contributed by atoms with Gasteiger partial charge in [0.1, 0.15) is 11.9 Å². The lowest BCUT2D eigenvalue weighted by Gasteiger charge is -2.25. The Bertz CT molecular complexity index is 954. The normalized spacial score (nSPS) is 15.1. The molecule has 0 bridgehead atoms. The summed E-state index contributed by atoms with van der Waals surface area (Å²) in [6.07, 6.45) is 0.513. The van der Waals surface area contributed by atoms with Gasteiger partial charge in [0.15, 0.2) is 0 Å². The van der Waals surface area contributed by atoms with Gasteiger partial charge >= 0.3 is 5.97 Å². The second-order valence-corrected chi connectivity index (χ2v) is 8.16. The number of hydrogen-bond donors (Lipinski definition) is 2. The zero-order valence-electron chi connectivity index (χ0n) is 17.9. The molecule has 2 N–H and O–H groups in total. The van der Waals surface area contributed by atoms with Crippen LogP contribution in [0.1, 0.15) is 54.3 Å². The van der Waals surface area contributed by atoms with E-state index in [9.17, 15) is 18.8 Å². The van der Waals surface area contributed by atoms with E-state index >= 15 is 0 Å². The molecular formula is C24H27FN2O4. The number of esters is 1. The standard InChI is InChI=1S/C24H27FN2O4/c1-14(2)20(27-22(28)19-7-5-4-6-15(19)3)24(30)31-21(23(29)26-18-12-13-18)16-8-10-17(25)11-9-16/h4-11,14,18,20-21H,12-13H2,1-3H3,(H,26,29)(H,27,28)/t20-,21?/m0/s1. The van der Waals surface area contributed by atoms with E-state index in [0.29, 0.717) is 11.1 Å². The number of ether oxygens (including phenoxy) is 1. The summed E-state index contributed by atoms with van der Waals surface area (Å²) in [7, 11) is 0.